The number of fused-ring (bicyclic) bond motifs is 1. The fourth-order valence-electron chi connectivity index (χ4n) is 4.26. The summed E-state index contributed by atoms with van der Waals surface area (Å²) in [6.45, 7) is 0.444. The Kier molecular flexibility index (Phi) is 3.50. The Morgan fingerprint density at radius 2 is 1.83 bits per heavy atom. The lowest BCUT2D eigenvalue weighted by Crippen LogP contribution is -2.52. The number of hydrogen-bond donors (Lipinski definition) is 1. The summed E-state index contributed by atoms with van der Waals surface area (Å²) in [7, 11) is -3.61. The molecule has 0 radical (unpaired) electrons. The van der Waals surface area contributed by atoms with Crippen molar-refractivity contribution in [3.05, 3.63) is 30.3 Å². The molecular formula is C17H22N2O3S. The molecule has 2 aliphatic carbocycles. The number of hydrogen-bond acceptors (Lipinski definition) is 3. The molecular weight excluding hydrogens is 312 g/mol. The number of rotatable bonds is 4. The lowest BCUT2D eigenvalue weighted by molar-refractivity contribution is -0.126. The first-order chi connectivity index (χ1) is 11.0. The highest BCUT2D eigenvalue weighted by molar-refractivity contribution is 7.89. The Hall–Kier alpha value is -1.40. The zero-order valence-electron chi connectivity index (χ0n) is 13.1. The van der Waals surface area contributed by atoms with Crippen LogP contribution in [0.5, 0.6) is 0 Å². The third-order valence-electron chi connectivity index (χ3n) is 5.61. The second-order valence-corrected chi connectivity index (χ2v) is 8.82. The van der Waals surface area contributed by atoms with E-state index in [2.05, 4.69) is 5.32 Å². The van der Waals surface area contributed by atoms with Gasteiger partial charge >= 0.3 is 0 Å². The van der Waals surface area contributed by atoms with Crippen molar-refractivity contribution in [1.29, 1.82) is 0 Å². The van der Waals surface area contributed by atoms with Gasteiger partial charge in [0.1, 0.15) is 5.54 Å². The predicted molar refractivity (Wildman–Crippen MR) is 86.2 cm³/mol. The van der Waals surface area contributed by atoms with Crippen LogP contribution in [0.15, 0.2) is 35.2 Å². The standard InChI is InChI=1S/C17H22N2O3S/c20-16(18-14-6-4-5-7-14)17-12-13(17)10-11-19(17)23(21,22)15-8-2-1-3-9-15/h1-3,8-9,13-14H,4-7,10-12H2,(H,18,20)/t13-,17-/m0/s1. The Labute approximate surface area is 137 Å². The number of piperidine rings is 1. The SMILES string of the molecule is O=C(NC1CCCC1)[C@]12C[C@@H]1CCN2S(=O)(=O)c1ccccc1. The highest BCUT2D eigenvalue weighted by Gasteiger charge is 2.70. The second-order valence-electron chi connectivity index (χ2n) is 6.96. The van der Waals surface area contributed by atoms with Crippen LogP contribution in [0.1, 0.15) is 38.5 Å². The van der Waals surface area contributed by atoms with Gasteiger partial charge in [-0.2, -0.15) is 4.31 Å². The molecule has 2 atom stereocenters. The molecule has 1 saturated heterocycles. The van der Waals surface area contributed by atoms with Crippen LogP contribution in [-0.4, -0.2) is 36.8 Å². The Balaban J connectivity index is 1.60. The van der Waals surface area contributed by atoms with E-state index >= 15 is 0 Å². The van der Waals surface area contributed by atoms with Crippen molar-refractivity contribution < 1.29 is 13.2 Å². The smallest absolute Gasteiger partial charge is 0.244 e. The van der Waals surface area contributed by atoms with Gasteiger partial charge in [-0.25, -0.2) is 8.42 Å². The predicted octanol–water partition coefficient (Wildman–Crippen LogP) is 1.90. The van der Waals surface area contributed by atoms with E-state index in [0.29, 0.717) is 13.0 Å². The summed E-state index contributed by atoms with van der Waals surface area (Å²) in [5.41, 5.74) is -0.822. The van der Waals surface area contributed by atoms with Crippen LogP contribution in [0.2, 0.25) is 0 Å². The average molecular weight is 334 g/mol. The van der Waals surface area contributed by atoms with E-state index in [0.717, 1.165) is 32.1 Å². The summed E-state index contributed by atoms with van der Waals surface area (Å²) >= 11 is 0. The molecule has 1 heterocycles. The summed E-state index contributed by atoms with van der Waals surface area (Å²) in [4.78, 5) is 13.1. The molecule has 0 bridgehead atoms. The van der Waals surface area contributed by atoms with Gasteiger partial charge in [0.2, 0.25) is 15.9 Å². The molecule has 2 saturated carbocycles. The van der Waals surface area contributed by atoms with Crippen molar-refractivity contribution in [2.24, 2.45) is 5.92 Å². The Bertz CT molecular complexity index is 713. The number of nitrogens with one attached hydrogen (secondary N) is 1. The fourth-order valence-corrected chi connectivity index (χ4v) is 6.10. The minimum Gasteiger partial charge on any atom is -0.352 e. The van der Waals surface area contributed by atoms with E-state index in [4.69, 9.17) is 0 Å². The van der Waals surface area contributed by atoms with Gasteiger partial charge in [-0.05, 0) is 43.7 Å². The summed E-state index contributed by atoms with van der Waals surface area (Å²) in [6, 6.07) is 8.67. The molecule has 3 fully saturated rings. The maximum atomic E-state index is 13.0. The van der Waals surface area contributed by atoms with E-state index in [9.17, 15) is 13.2 Å². The first kappa shape index (κ1) is 15.1. The lowest BCUT2D eigenvalue weighted by Gasteiger charge is -2.28. The van der Waals surface area contributed by atoms with Crippen LogP contribution < -0.4 is 5.32 Å². The van der Waals surface area contributed by atoms with Crippen LogP contribution in [0.4, 0.5) is 0 Å². The molecule has 1 N–H and O–H groups in total. The molecule has 6 heteroatoms. The first-order valence-electron chi connectivity index (χ1n) is 8.44. The highest BCUT2D eigenvalue weighted by atomic mass is 32.2. The quantitative estimate of drug-likeness (QED) is 0.914. The largest absolute Gasteiger partial charge is 0.352 e. The molecule has 1 aromatic carbocycles. The van der Waals surface area contributed by atoms with Crippen molar-refractivity contribution in [2.45, 2.75) is 55.0 Å². The lowest BCUT2D eigenvalue weighted by atomic mass is 10.2. The van der Waals surface area contributed by atoms with Gasteiger partial charge in [-0.1, -0.05) is 31.0 Å². The van der Waals surface area contributed by atoms with Crippen molar-refractivity contribution in [2.75, 3.05) is 6.54 Å². The van der Waals surface area contributed by atoms with Gasteiger partial charge in [-0.15, -0.1) is 0 Å². The summed E-state index contributed by atoms with van der Waals surface area (Å²) in [6.07, 6.45) is 5.76. The molecule has 0 spiro atoms. The molecule has 0 unspecified atom stereocenters. The minimum absolute atomic E-state index is 0.0774. The number of carbonyl (C=O) groups is 1. The van der Waals surface area contributed by atoms with Gasteiger partial charge in [0, 0.05) is 12.6 Å². The van der Waals surface area contributed by atoms with Crippen molar-refractivity contribution in [1.82, 2.24) is 9.62 Å². The van der Waals surface area contributed by atoms with Gasteiger partial charge in [0.05, 0.1) is 4.90 Å². The maximum Gasteiger partial charge on any atom is 0.244 e. The number of sulfonamides is 1. The monoisotopic (exact) mass is 334 g/mol. The van der Waals surface area contributed by atoms with Crippen LogP contribution in [-0.2, 0) is 14.8 Å². The van der Waals surface area contributed by atoms with Crippen molar-refractivity contribution in [3.8, 4) is 0 Å². The third kappa shape index (κ3) is 2.31. The first-order valence-corrected chi connectivity index (χ1v) is 9.88. The fraction of sp³-hybridized carbons (Fsp3) is 0.588. The Morgan fingerprint density at radius 3 is 2.48 bits per heavy atom. The number of nitrogens with zero attached hydrogens (tertiary/aromatic N) is 1. The highest BCUT2D eigenvalue weighted by Crippen LogP contribution is 2.57. The third-order valence-corrected chi connectivity index (χ3v) is 7.57. The van der Waals surface area contributed by atoms with E-state index in [-0.39, 0.29) is 22.8 Å². The van der Waals surface area contributed by atoms with Gasteiger partial charge in [0.25, 0.3) is 0 Å². The van der Waals surface area contributed by atoms with Crippen molar-refractivity contribution >= 4 is 15.9 Å². The zero-order valence-corrected chi connectivity index (χ0v) is 13.9. The molecule has 1 aromatic rings. The number of amides is 1. The number of carbonyl (C=O) groups excluding carboxylic acids is 1. The normalized spacial score (nSPS) is 31.0. The summed E-state index contributed by atoms with van der Waals surface area (Å²) in [5.74, 6) is 0.105. The Morgan fingerprint density at radius 1 is 1.13 bits per heavy atom. The van der Waals surface area contributed by atoms with Crippen LogP contribution in [0, 0.1) is 5.92 Å². The minimum atomic E-state index is -3.61. The van der Waals surface area contributed by atoms with Crippen LogP contribution in [0.25, 0.3) is 0 Å². The number of benzene rings is 1. The van der Waals surface area contributed by atoms with Gasteiger partial charge in [-0.3, -0.25) is 4.79 Å². The zero-order chi connectivity index (χ0) is 16.1. The average Bonchev–Trinajstić information content (AvgIpc) is 2.91. The van der Waals surface area contributed by atoms with Crippen LogP contribution >= 0.6 is 0 Å². The van der Waals surface area contributed by atoms with Crippen molar-refractivity contribution in [3.63, 3.8) is 0 Å². The van der Waals surface area contributed by atoms with Gasteiger partial charge in [0.15, 0.2) is 0 Å². The van der Waals surface area contributed by atoms with E-state index in [1.807, 2.05) is 0 Å². The summed E-state index contributed by atoms with van der Waals surface area (Å²) < 4.78 is 27.4. The second kappa shape index (κ2) is 5.31. The maximum absolute atomic E-state index is 13.0. The molecule has 4 rings (SSSR count). The van der Waals surface area contributed by atoms with E-state index in [1.54, 1.807) is 30.3 Å². The molecule has 1 aliphatic heterocycles. The molecule has 1 amide bonds. The van der Waals surface area contributed by atoms with Crippen LogP contribution in [0.3, 0.4) is 0 Å². The van der Waals surface area contributed by atoms with E-state index < -0.39 is 15.6 Å². The van der Waals surface area contributed by atoms with Gasteiger partial charge < -0.3 is 5.32 Å². The molecule has 3 aliphatic rings. The molecule has 124 valence electrons. The van der Waals surface area contributed by atoms with E-state index in [1.165, 1.54) is 4.31 Å². The molecule has 0 aromatic heterocycles. The molecule has 23 heavy (non-hydrogen) atoms. The molecule has 5 nitrogen and oxygen atoms in total. The topological polar surface area (TPSA) is 66.5 Å². The summed E-state index contributed by atoms with van der Waals surface area (Å²) in [5, 5.41) is 3.11.